The third-order valence-electron chi connectivity index (χ3n) is 4.08. The van der Waals surface area contributed by atoms with Gasteiger partial charge in [-0.3, -0.25) is 14.4 Å². The Balaban J connectivity index is 1.96. The smallest absolute Gasteiger partial charge is 0.333 e. The van der Waals surface area contributed by atoms with Gasteiger partial charge in [-0.25, -0.2) is 9.36 Å². The van der Waals surface area contributed by atoms with Crippen LogP contribution in [0.2, 0.25) is 0 Å². The minimum Gasteiger partial charge on any atom is -0.497 e. The number of ketones is 1. The van der Waals surface area contributed by atoms with Gasteiger partial charge in [-0.2, -0.15) is 0 Å². The number of amides is 1. The maximum absolute atomic E-state index is 12.8. The molecule has 8 heteroatoms. The summed E-state index contributed by atoms with van der Waals surface area (Å²) in [7, 11) is 1.47. The van der Waals surface area contributed by atoms with Crippen molar-refractivity contribution in [3.63, 3.8) is 0 Å². The van der Waals surface area contributed by atoms with E-state index in [9.17, 15) is 19.2 Å². The van der Waals surface area contributed by atoms with Gasteiger partial charge in [0.1, 0.15) is 11.3 Å². The lowest BCUT2D eigenvalue weighted by Crippen LogP contribution is -2.38. The molecule has 1 aromatic heterocycles. The summed E-state index contributed by atoms with van der Waals surface area (Å²) >= 11 is 0. The standard InChI is InChI=1S/C20H17N3O5/c1-12(24)13-6-8-14(9-7-13)22-18(25)17-11-21-20(27)23(19(17)26)15-4-3-5-16(10-15)28-2/h3-11H,1-2H3,(H,21,27)(H,22,25). The van der Waals surface area contributed by atoms with Crippen LogP contribution in [0.15, 0.2) is 64.3 Å². The number of methoxy groups -OCH3 is 1. The van der Waals surface area contributed by atoms with Crippen molar-refractivity contribution < 1.29 is 14.3 Å². The molecule has 0 aliphatic heterocycles. The van der Waals surface area contributed by atoms with Crippen molar-refractivity contribution in [2.24, 2.45) is 0 Å². The Morgan fingerprint density at radius 1 is 1.07 bits per heavy atom. The van der Waals surface area contributed by atoms with E-state index in [0.29, 0.717) is 17.0 Å². The molecule has 1 amide bonds. The number of nitrogens with one attached hydrogen (secondary N) is 2. The van der Waals surface area contributed by atoms with Crippen molar-refractivity contribution in [2.75, 3.05) is 12.4 Å². The lowest BCUT2D eigenvalue weighted by molar-refractivity contribution is 0.101. The van der Waals surface area contributed by atoms with Crippen molar-refractivity contribution in [1.29, 1.82) is 0 Å². The fraction of sp³-hybridized carbons (Fsp3) is 0.100. The van der Waals surface area contributed by atoms with Crippen molar-refractivity contribution in [3.8, 4) is 11.4 Å². The second-order valence-corrected chi connectivity index (χ2v) is 5.94. The molecule has 1 heterocycles. The molecule has 2 aromatic carbocycles. The molecule has 0 radical (unpaired) electrons. The first-order valence-electron chi connectivity index (χ1n) is 8.32. The number of anilines is 1. The van der Waals surface area contributed by atoms with Crippen LogP contribution >= 0.6 is 0 Å². The van der Waals surface area contributed by atoms with Crippen LogP contribution in [0.1, 0.15) is 27.6 Å². The van der Waals surface area contributed by atoms with Crippen LogP contribution in [0.4, 0.5) is 5.69 Å². The molecule has 2 N–H and O–H groups in total. The third kappa shape index (κ3) is 3.75. The van der Waals surface area contributed by atoms with Crippen molar-refractivity contribution in [1.82, 2.24) is 9.55 Å². The number of rotatable bonds is 5. The molecule has 3 rings (SSSR count). The van der Waals surface area contributed by atoms with Gasteiger partial charge in [0.15, 0.2) is 5.78 Å². The largest absolute Gasteiger partial charge is 0.497 e. The second-order valence-electron chi connectivity index (χ2n) is 5.94. The van der Waals surface area contributed by atoms with E-state index in [2.05, 4.69) is 10.3 Å². The number of ether oxygens (including phenoxy) is 1. The molecule has 0 aliphatic carbocycles. The van der Waals surface area contributed by atoms with E-state index in [1.807, 2.05) is 0 Å². The SMILES string of the molecule is COc1cccc(-n2c(=O)[nH]cc(C(=O)Nc3ccc(C(C)=O)cc3)c2=O)c1. The van der Waals surface area contributed by atoms with E-state index in [-0.39, 0.29) is 17.0 Å². The number of nitrogens with zero attached hydrogens (tertiary/aromatic N) is 1. The van der Waals surface area contributed by atoms with Crippen LogP contribution in [-0.2, 0) is 0 Å². The highest BCUT2D eigenvalue weighted by molar-refractivity contribution is 6.04. The fourth-order valence-corrected chi connectivity index (χ4v) is 2.61. The van der Waals surface area contributed by atoms with Gasteiger partial charge < -0.3 is 15.0 Å². The van der Waals surface area contributed by atoms with E-state index in [4.69, 9.17) is 4.74 Å². The van der Waals surface area contributed by atoms with E-state index in [0.717, 1.165) is 10.8 Å². The number of hydrogen-bond donors (Lipinski definition) is 2. The summed E-state index contributed by atoms with van der Waals surface area (Å²) in [4.78, 5) is 51.2. The highest BCUT2D eigenvalue weighted by Crippen LogP contribution is 2.14. The first kappa shape index (κ1) is 18.8. The highest BCUT2D eigenvalue weighted by Gasteiger charge is 2.16. The lowest BCUT2D eigenvalue weighted by Gasteiger charge is -2.09. The van der Waals surface area contributed by atoms with E-state index >= 15 is 0 Å². The molecular weight excluding hydrogens is 362 g/mol. The van der Waals surface area contributed by atoms with Gasteiger partial charge in [0.05, 0.1) is 12.8 Å². The summed E-state index contributed by atoms with van der Waals surface area (Å²) in [5.74, 6) is -0.322. The number of Topliss-reactive ketones (excluding diaryl/α,β-unsaturated/α-hetero) is 1. The minimum atomic E-state index is -0.769. The van der Waals surface area contributed by atoms with Gasteiger partial charge in [0, 0.05) is 23.5 Å². The summed E-state index contributed by atoms with van der Waals surface area (Å²) in [6.45, 7) is 1.44. The normalized spacial score (nSPS) is 10.4. The maximum atomic E-state index is 12.8. The first-order valence-corrected chi connectivity index (χ1v) is 8.32. The molecule has 0 saturated heterocycles. The Morgan fingerprint density at radius 3 is 2.43 bits per heavy atom. The van der Waals surface area contributed by atoms with Crippen molar-refractivity contribution in [2.45, 2.75) is 6.92 Å². The molecule has 0 unspecified atom stereocenters. The van der Waals surface area contributed by atoms with Crippen molar-refractivity contribution in [3.05, 3.63) is 86.7 Å². The van der Waals surface area contributed by atoms with E-state index in [1.165, 1.54) is 20.1 Å². The predicted octanol–water partition coefficient (Wildman–Crippen LogP) is 1.99. The van der Waals surface area contributed by atoms with Crippen LogP contribution < -0.4 is 21.3 Å². The third-order valence-corrected chi connectivity index (χ3v) is 4.08. The summed E-state index contributed by atoms with van der Waals surface area (Å²) in [6.07, 6.45) is 1.07. The summed E-state index contributed by atoms with van der Waals surface area (Å²) in [5, 5.41) is 2.58. The molecular formula is C20H17N3O5. The molecule has 8 nitrogen and oxygen atoms in total. The Labute approximate surface area is 159 Å². The van der Waals surface area contributed by atoms with Crippen LogP contribution in [0.25, 0.3) is 5.69 Å². The Hall–Kier alpha value is -3.94. The van der Waals surface area contributed by atoms with Gasteiger partial charge in [-0.15, -0.1) is 0 Å². The number of benzene rings is 2. The first-order chi connectivity index (χ1) is 13.4. The summed E-state index contributed by atoms with van der Waals surface area (Å²) in [6, 6.07) is 12.6. The Kier molecular flexibility index (Phi) is 5.21. The van der Waals surface area contributed by atoms with E-state index in [1.54, 1.807) is 42.5 Å². The molecule has 0 bridgehead atoms. The molecule has 28 heavy (non-hydrogen) atoms. The van der Waals surface area contributed by atoms with Crippen LogP contribution in [0.5, 0.6) is 5.75 Å². The van der Waals surface area contributed by atoms with Gasteiger partial charge in [-0.1, -0.05) is 6.07 Å². The fourth-order valence-electron chi connectivity index (χ4n) is 2.61. The van der Waals surface area contributed by atoms with Crippen molar-refractivity contribution >= 4 is 17.4 Å². The maximum Gasteiger partial charge on any atom is 0.333 e. The molecule has 0 atom stereocenters. The number of hydrogen-bond acceptors (Lipinski definition) is 5. The van der Waals surface area contributed by atoms with Crippen LogP contribution in [0.3, 0.4) is 0 Å². The van der Waals surface area contributed by atoms with Gasteiger partial charge in [0.2, 0.25) is 0 Å². The molecule has 0 saturated carbocycles. The van der Waals surface area contributed by atoms with Gasteiger partial charge >= 0.3 is 5.69 Å². The van der Waals surface area contributed by atoms with Crippen LogP contribution in [0, 0.1) is 0 Å². The Morgan fingerprint density at radius 2 is 1.79 bits per heavy atom. The number of aromatic nitrogens is 2. The predicted molar refractivity (Wildman–Crippen MR) is 104 cm³/mol. The average Bonchev–Trinajstić information content (AvgIpc) is 2.68. The minimum absolute atomic E-state index is 0.0975. The number of aromatic amines is 1. The monoisotopic (exact) mass is 379 g/mol. The summed E-state index contributed by atoms with van der Waals surface area (Å²) < 4.78 is 5.97. The van der Waals surface area contributed by atoms with Crippen LogP contribution in [-0.4, -0.2) is 28.4 Å². The second kappa shape index (κ2) is 7.75. The molecule has 142 valence electrons. The van der Waals surface area contributed by atoms with E-state index < -0.39 is 17.2 Å². The zero-order valence-corrected chi connectivity index (χ0v) is 15.2. The zero-order chi connectivity index (χ0) is 20.3. The molecule has 0 aliphatic rings. The number of carbonyl (C=O) groups excluding carboxylic acids is 2. The van der Waals surface area contributed by atoms with Gasteiger partial charge in [0.25, 0.3) is 11.5 Å². The highest BCUT2D eigenvalue weighted by atomic mass is 16.5. The quantitative estimate of drug-likeness (QED) is 0.659. The average molecular weight is 379 g/mol. The molecule has 0 fully saturated rings. The number of H-pyrrole nitrogens is 1. The molecule has 0 spiro atoms. The number of carbonyl (C=O) groups is 2. The zero-order valence-electron chi connectivity index (χ0n) is 15.2. The lowest BCUT2D eigenvalue weighted by atomic mass is 10.1. The molecule has 3 aromatic rings. The Bertz CT molecular complexity index is 1160. The summed E-state index contributed by atoms with van der Waals surface area (Å²) in [5.41, 5.74) is -0.504. The topological polar surface area (TPSA) is 110 Å². The van der Waals surface area contributed by atoms with Gasteiger partial charge in [-0.05, 0) is 43.3 Å².